The van der Waals surface area contributed by atoms with E-state index in [9.17, 15) is 19.2 Å². The van der Waals surface area contributed by atoms with Crippen molar-refractivity contribution in [3.63, 3.8) is 0 Å². The fraction of sp³-hybridized carbons (Fsp3) is 0.417. The third kappa shape index (κ3) is 4.37. The molecule has 1 atom stereocenters. The first-order valence-corrected chi connectivity index (χ1v) is 12.4. The van der Waals surface area contributed by atoms with Gasteiger partial charge in [-0.3, -0.25) is 19.7 Å². The lowest BCUT2D eigenvalue weighted by molar-refractivity contribution is -0.136. The molecule has 10 heteroatoms. The fourth-order valence-electron chi connectivity index (χ4n) is 4.82. The molecular formula is C24H27N5O4S. The molecule has 0 radical (unpaired) electrons. The van der Waals surface area contributed by atoms with Crippen LogP contribution in [0.4, 0.5) is 16.2 Å². The number of piperidine rings is 1. The highest BCUT2D eigenvalue weighted by molar-refractivity contribution is 7.14. The van der Waals surface area contributed by atoms with Crippen LogP contribution in [0.5, 0.6) is 0 Å². The number of carbonyl (C=O) groups excluding carboxylic acids is 4. The van der Waals surface area contributed by atoms with Gasteiger partial charge in [0.1, 0.15) is 6.04 Å². The maximum Gasteiger partial charge on any atom is 0.319 e. The predicted octanol–water partition coefficient (Wildman–Crippen LogP) is 2.74. The second-order valence-electron chi connectivity index (χ2n) is 8.97. The molecule has 4 heterocycles. The van der Waals surface area contributed by atoms with E-state index in [0.717, 1.165) is 34.9 Å². The number of anilines is 2. The Bertz CT molecular complexity index is 1170. The molecule has 0 aliphatic carbocycles. The van der Waals surface area contributed by atoms with E-state index in [1.54, 1.807) is 0 Å². The van der Waals surface area contributed by atoms with Crippen molar-refractivity contribution in [1.29, 1.82) is 0 Å². The molecule has 0 spiro atoms. The Kier molecular flexibility index (Phi) is 5.99. The zero-order valence-electron chi connectivity index (χ0n) is 19.0. The van der Waals surface area contributed by atoms with Crippen molar-refractivity contribution in [3.8, 4) is 0 Å². The molecule has 2 fully saturated rings. The molecular weight excluding hydrogens is 454 g/mol. The maximum absolute atomic E-state index is 12.9. The number of urea groups is 1. The second-order valence-corrected chi connectivity index (χ2v) is 10.1. The van der Waals surface area contributed by atoms with Gasteiger partial charge in [0.05, 0.1) is 11.4 Å². The number of hydrogen-bond acceptors (Lipinski definition) is 6. The summed E-state index contributed by atoms with van der Waals surface area (Å²) in [5, 5.41) is 8.07. The van der Waals surface area contributed by atoms with E-state index in [-0.39, 0.29) is 24.3 Å². The Hall–Kier alpha value is -3.40. The van der Waals surface area contributed by atoms with Gasteiger partial charge in [-0.15, -0.1) is 11.3 Å². The zero-order valence-corrected chi connectivity index (χ0v) is 19.8. The molecule has 3 aliphatic rings. The summed E-state index contributed by atoms with van der Waals surface area (Å²) >= 11 is 1.33. The average molecular weight is 482 g/mol. The van der Waals surface area contributed by atoms with Crippen LogP contribution in [0.2, 0.25) is 0 Å². The van der Waals surface area contributed by atoms with Crippen LogP contribution in [-0.2, 0) is 22.7 Å². The zero-order chi connectivity index (χ0) is 23.8. The number of carbonyl (C=O) groups is 4. The Balaban J connectivity index is 1.17. The summed E-state index contributed by atoms with van der Waals surface area (Å²) in [6.07, 6.45) is 2.96. The van der Waals surface area contributed by atoms with Gasteiger partial charge in [0.2, 0.25) is 11.8 Å². The molecule has 5 rings (SSSR count). The van der Waals surface area contributed by atoms with Crippen LogP contribution in [0, 0.1) is 6.92 Å². The van der Waals surface area contributed by atoms with Crippen molar-refractivity contribution in [3.05, 3.63) is 45.1 Å². The van der Waals surface area contributed by atoms with Gasteiger partial charge < -0.3 is 20.4 Å². The number of aryl methyl sites for hydroxylation is 1. The quantitative estimate of drug-likeness (QED) is 0.569. The largest absolute Gasteiger partial charge is 0.371 e. The molecule has 1 aromatic heterocycles. The number of rotatable bonds is 5. The Morgan fingerprint density at radius 3 is 2.71 bits per heavy atom. The van der Waals surface area contributed by atoms with Gasteiger partial charge >= 0.3 is 6.03 Å². The number of fused-ring (bicyclic) bond motifs is 1. The van der Waals surface area contributed by atoms with Gasteiger partial charge in [0, 0.05) is 42.3 Å². The minimum atomic E-state index is -0.614. The van der Waals surface area contributed by atoms with Crippen molar-refractivity contribution in [2.24, 2.45) is 0 Å². The van der Waals surface area contributed by atoms with E-state index in [1.807, 2.05) is 24.3 Å². The van der Waals surface area contributed by atoms with Gasteiger partial charge in [0.15, 0.2) is 0 Å². The molecule has 178 valence electrons. The summed E-state index contributed by atoms with van der Waals surface area (Å²) in [6.45, 7) is 4.81. The van der Waals surface area contributed by atoms with Crippen LogP contribution in [0.3, 0.4) is 0 Å². The SMILES string of the molecule is Cc1ccc(NC(=O)NCc2cc3c(s2)C(=O)N(C2CCC(=O)NC2=O)C3)cc1N1CCCC1. The number of thiophene rings is 1. The van der Waals surface area contributed by atoms with E-state index in [4.69, 9.17) is 0 Å². The molecule has 2 aromatic rings. The summed E-state index contributed by atoms with van der Waals surface area (Å²) < 4.78 is 0. The smallest absolute Gasteiger partial charge is 0.319 e. The third-order valence-corrected chi connectivity index (χ3v) is 7.74. The summed E-state index contributed by atoms with van der Waals surface area (Å²) in [5.41, 5.74) is 3.94. The molecule has 9 nitrogen and oxygen atoms in total. The lowest BCUT2D eigenvalue weighted by atomic mass is 10.0. The van der Waals surface area contributed by atoms with Crippen LogP contribution < -0.4 is 20.9 Å². The van der Waals surface area contributed by atoms with Gasteiger partial charge in [-0.05, 0) is 55.5 Å². The van der Waals surface area contributed by atoms with Gasteiger partial charge in [-0.25, -0.2) is 4.79 Å². The first-order valence-electron chi connectivity index (χ1n) is 11.6. The lowest BCUT2D eigenvalue weighted by Gasteiger charge is -2.29. The van der Waals surface area contributed by atoms with Crippen LogP contribution in [-0.4, -0.2) is 47.8 Å². The average Bonchev–Trinajstić information content (AvgIpc) is 3.53. The Labute approximate surface area is 201 Å². The second kappa shape index (κ2) is 9.09. The van der Waals surface area contributed by atoms with Gasteiger partial charge in [-0.2, -0.15) is 0 Å². The topological polar surface area (TPSA) is 111 Å². The van der Waals surface area contributed by atoms with Crippen molar-refractivity contribution in [1.82, 2.24) is 15.5 Å². The molecule has 5 amide bonds. The van der Waals surface area contributed by atoms with E-state index in [0.29, 0.717) is 24.4 Å². The highest BCUT2D eigenvalue weighted by Gasteiger charge is 2.40. The standard InChI is InChI=1S/C24H27N5O4S/c1-14-4-5-16(11-19(14)28-8-2-3-9-28)26-24(33)25-12-17-10-15-13-29(23(32)21(15)34-17)18-6-7-20(30)27-22(18)31/h4-5,10-11,18H,2-3,6-9,12-13H2,1H3,(H2,25,26,33)(H,27,30,31). The number of nitrogens with zero attached hydrogens (tertiary/aromatic N) is 2. The number of nitrogens with one attached hydrogen (secondary N) is 3. The summed E-state index contributed by atoms with van der Waals surface area (Å²) in [4.78, 5) is 54.2. The number of hydrogen-bond donors (Lipinski definition) is 3. The molecule has 2 saturated heterocycles. The molecule has 3 N–H and O–H groups in total. The fourth-order valence-corrected chi connectivity index (χ4v) is 5.88. The highest BCUT2D eigenvalue weighted by Crippen LogP contribution is 2.33. The molecule has 0 saturated carbocycles. The lowest BCUT2D eigenvalue weighted by Crippen LogP contribution is -2.52. The predicted molar refractivity (Wildman–Crippen MR) is 129 cm³/mol. The molecule has 3 aliphatic heterocycles. The van der Waals surface area contributed by atoms with E-state index < -0.39 is 11.9 Å². The molecule has 1 aromatic carbocycles. The van der Waals surface area contributed by atoms with E-state index >= 15 is 0 Å². The van der Waals surface area contributed by atoms with Crippen LogP contribution >= 0.6 is 11.3 Å². The van der Waals surface area contributed by atoms with Crippen LogP contribution in [0.25, 0.3) is 0 Å². The molecule has 1 unspecified atom stereocenters. The number of benzene rings is 1. The summed E-state index contributed by atoms with van der Waals surface area (Å²) in [7, 11) is 0. The van der Waals surface area contributed by atoms with Crippen LogP contribution in [0.15, 0.2) is 24.3 Å². The third-order valence-electron chi connectivity index (χ3n) is 6.58. The van der Waals surface area contributed by atoms with Crippen molar-refractivity contribution < 1.29 is 19.2 Å². The molecule has 0 bridgehead atoms. The minimum Gasteiger partial charge on any atom is -0.371 e. The first-order chi connectivity index (χ1) is 16.4. The van der Waals surface area contributed by atoms with Gasteiger partial charge in [-0.1, -0.05) is 6.07 Å². The monoisotopic (exact) mass is 481 g/mol. The van der Waals surface area contributed by atoms with Crippen LogP contribution in [0.1, 0.15) is 51.4 Å². The van der Waals surface area contributed by atoms with Crippen molar-refractivity contribution >= 4 is 46.5 Å². The first kappa shape index (κ1) is 22.4. The minimum absolute atomic E-state index is 0.195. The number of imide groups is 1. The van der Waals surface area contributed by atoms with Gasteiger partial charge in [0.25, 0.3) is 5.91 Å². The van der Waals surface area contributed by atoms with Crippen molar-refractivity contribution in [2.45, 2.75) is 51.7 Å². The Morgan fingerprint density at radius 2 is 1.97 bits per heavy atom. The molecule has 34 heavy (non-hydrogen) atoms. The normalized spacial score (nSPS) is 19.9. The number of amides is 5. The van der Waals surface area contributed by atoms with E-state index in [2.05, 4.69) is 27.8 Å². The summed E-state index contributed by atoms with van der Waals surface area (Å²) in [5.74, 6) is -0.909. The highest BCUT2D eigenvalue weighted by atomic mass is 32.1. The Morgan fingerprint density at radius 1 is 1.18 bits per heavy atom. The van der Waals surface area contributed by atoms with Crippen molar-refractivity contribution in [2.75, 3.05) is 23.3 Å². The maximum atomic E-state index is 12.9. The van der Waals surface area contributed by atoms with E-state index in [1.165, 1.54) is 34.6 Å². The summed E-state index contributed by atoms with van der Waals surface area (Å²) in [6, 6.07) is 6.92.